The summed E-state index contributed by atoms with van der Waals surface area (Å²) in [6, 6.07) is 29.4. The van der Waals surface area contributed by atoms with E-state index >= 15 is 0 Å². The van der Waals surface area contributed by atoms with Crippen LogP contribution in [0.15, 0.2) is 103 Å². The summed E-state index contributed by atoms with van der Waals surface area (Å²) in [5.41, 5.74) is 2.49. The van der Waals surface area contributed by atoms with Crippen LogP contribution in [0, 0.1) is 5.21 Å². The zero-order chi connectivity index (χ0) is 32.5. The van der Waals surface area contributed by atoms with Crippen LogP contribution in [-0.4, -0.2) is 44.3 Å². The summed E-state index contributed by atoms with van der Waals surface area (Å²) >= 11 is 0. The molecular weight excluding hydrogens is 586 g/mol. The molecule has 1 aliphatic rings. The third-order valence-corrected chi connectivity index (χ3v) is 8.02. The standard InChI is InChI=1S/C36H37N3O7/c1-3-44-34(41)24-36(2,28-15-8-5-9-16-28)29-18-19-30-31(23-29)45-26-33(40)37(30)20-12-21-38(32-17-10-11-22-39(32)43)35(42)46-25-27-13-6-4-7-14-27/h4-11,13-19,22-23H,3,12,20-21,24-26H2,1-2H3. The van der Waals surface area contributed by atoms with Gasteiger partial charge in [-0.15, -0.1) is 0 Å². The van der Waals surface area contributed by atoms with E-state index in [0.717, 1.165) is 16.7 Å². The highest BCUT2D eigenvalue weighted by Gasteiger charge is 2.35. The Morgan fingerprint density at radius 2 is 1.67 bits per heavy atom. The Kier molecular flexibility index (Phi) is 10.2. The molecule has 2 amide bonds. The maximum Gasteiger partial charge on any atom is 0.507 e. The molecule has 10 nitrogen and oxygen atoms in total. The lowest BCUT2D eigenvalue weighted by molar-refractivity contribution is -0.591. The molecule has 3 aromatic carbocycles. The van der Waals surface area contributed by atoms with Crippen LogP contribution in [0.4, 0.5) is 16.3 Å². The molecule has 238 valence electrons. The number of fused-ring (bicyclic) bond motifs is 1. The number of pyridine rings is 1. The number of aromatic nitrogens is 1. The number of ether oxygens (including phenoxy) is 3. The van der Waals surface area contributed by atoms with Crippen LogP contribution in [0.2, 0.25) is 0 Å². The van der Waals surface area contributed by atoms with Gasteiger partial charge in [0.05, 0.1) is 31.5 Å². The van der Waals surface area contributed by atoms with Gasteiger partial charge in [0, 0.05) is 24.4 Å². The van der Waals surface area contributed by atoms with E-state index in [9.17, 15) is 19.6 Å². The molecule has 1 unspecified atom stereocenters. The van der Waals surface area contributed by atoms with Gasteiger partial charge in [0.15, 0.2) is 6.61 Å². The van der Waals surface area contributed by atoms with Gasteiger partial charge in [-0.2, -0.15) is 9.69 Å². The molecule has 5 rings (SSSR count). The van der Waals surface area contributed by atoms with Crippen molar-refractivity contribution in [2.75, 3.05) is 36.1 Å². The summed E-state index contributed by atoms with van der Waals surface area (Å²) in [6.07, 6.45) is 1.13. The van der Waals surface area contributed by atoms with E-state index in [-0.39, 0.29) is 57.0 Å². The van der Waals surface area contributed by atoms with Crippen molar-refractivity contribution in [2.45, 2.75) is 38.7 Å². The second-order valence-corrected chi connectivity index (χ2v) is 11.1. The van der Waals surface area contributed by atoms with Gasteiger partial charge in [0.2, 0.25) is 0 Å². The average Bonchev–Trinajstić information content (AvgIpc) is 3.07. The van der Waals surface area contributed by atoms with Gasteiger partial charge in [-0.1, -0.05) is 79.7 Å². The van der Waals surface area contributed by atoms with Crippen LogP contribution < -0.4 is 19.3 Å². The predicted octanol–water partition coefficient (Wildman–Crippen LogP) is 5.54. The van der Waals surface area contributed by atoms with Gasteiger partial charge in [-0.3, -0.25) is 9.59 Å². The average molecular weight is 624 g/mol. The molecule has 4 aromatic rings. The number of amides is 2. The first kappa shape index (κ1) is 32.0. The molecule has 0 N–H and O–H groups in total. The second kappa shape index (κ2) is 14.6. The summed E-state index contributed by atoms with van der Waals surface area (Å²) in [4.78, 5) is 41.8. The van der Waals surface area contributed by atoms with Gasteiger partial charge < -0.3 is 24.3 Å². The summed E-state index contributed by atoms with van der Waals surface area (Å²) in [7, 11) is 0. The number of benzene rings is 3. The first-order valence-corrected chi connectivity index (χ1v) is 15.3. The summed E-state index contributed by atoms with van der Waals surface area (Å²) < 4.78 is 17.3. The zero-order valence-corrected chi connectivity index (χ0v) is 26.0. The lowest BCUT2D eigenvalue weighted by Gasteiger charge is -2.34. The molecule has 0 spiro atoms. The number of rotatable bonds is 12. The third kappa shape index (κ3) is 7.28. The highest BCUT2D eigenvalue weighted by atomic mass is 16.6. The van der Waals surface area contributed by atoms with Crippen LogP contribution >= 0.6 is 0 Å². The Morgan fingerprint density at radius 3 is 2.39 bits per heavy atom. The van der Waals surface area contributed by atoms with E-state index in [0.29, 0.717) is 22.6 Å². The minimum absolute atomic E-state index is 0.0532. The highest BCUT2D eigenvalue weighted by molar-refractivity contribution is 5.98. The molecule has 1 atom stereocenters. The van der Waals surface area contributed by atoms with E-state index in [2.05, 4.69) is 0 Å². The number of carbonyl (C=O) groups is 3. The fourth-order valence-electron chi connectivity index (χ4n) is 5.58. The SMILES string of the molecule is CCOC(=O)CC(C)(c1ccccc1)c1ccc2c(c1)OCC(=O)N2CCCN(C(=O)OCc1ccccc1)c1cccc[n+]1[O-]. The zero-order valence-electron chi connectivity index (χ0n) is 26.0. The molecule has 0 saturated carbocycles. The van der Waals surface area contributed by atoms with E-state index < -0.39 is 11.5 Å². The molecular formula is C36H37N3O7. The Labute approximate surface area is 268 Å². The maximum absolute atomic E-state index is 13.2. The van der Waals surface area contributed by atoms with Gasteiger partial charge in [0.25, 0.3) is 11.7 Å². The molecule has 1 aliphatic heterocycles. The monoisotopic (exact) mass is 623 g/mol. The number of esters is 1. The van der Waals surface area contributed by atoms with Crippen molar-refractivity contribution in [2.24, 2.45) is 0 Å². The fraction of sp³-hybridized carbons (Fsp3) is 0.278. The fourth-order valence-corrected chi connectivity index (χ4v) is 5.58. The molecule has 1 aromatic heterocycles. The number of hydrogen-bond acceptors (Lipinski definition) is 7. The van der Waals surface area contributed by atoms with E-state index in [1.165, 1.54) is 11.1 Å². The first-order valence-electron chi connectivity index (χ1n) is 15.3. The molecule has 0 aliphatic carbocycles. The predicted molar refractivity (Wildman–Crippen MR) is 172 cm³/mol. The van der Waals surface area contributed by atoms with Crippen molar-refractivity contribution in [1.29, 1.82) is 0 Å². The van der Waals surface area contributed by atoms with Gasteiger partial charge in [0.1, 0.15) is 12.4 Å². The molecule has 0 saturated heterocycles. The topological polar surface area (TPSA) is 112 Å². The Balaban J connectivity index is 1.34. The quantitative estimate of drug-likeness (QED) is 0.116. The van der Waals surface area contributed by atoms with Gasteiger partial charge in [-0.25, -0.2) is 4.73 Å². The van der Waals surface area contributed by atoms with Crippen LogP contribution in [0.25, 0.3) is 0 Å². The Hall–Kier alpha value is -5.38. The lowest BCUT2D eigenvalue weighted by atomic mass is 9.73. The minimum atomic E-state index is -0.706. The molecule has 0 fully saturated rings. The summed E-state index contributed by atoms with van der Waals surface area (Å²) in [6.45, 7) is 4.35. The van der Waals surface area contributed by atoms with Gasteiger partial charge >= 0.3 is 12.1 Å². The van der Waals surface area contributed by atoms with E-state index in [1.807, 2.05) is 85.8 Å². The largest absolute Gasteiger partial charge is 0.711 e. The normalized spacial score (nSPS) is 13.6. The van der Waals surface area contributed by atoms with Crippen molar-refractivity contribution in [1.82, 2.24) is 0 Å². The van der Waals surface area contributed by atoms with Crippen molar-refractivity contribution in [3.63, 3.8) is 0 Å². The van der Waals surface area contributed by atoms with Gasteiger partial charge in [-0.05, 0) is 41.8 Å². The minimum Gasteiger partial charge on any atom is -0.711 e. The van der Waals surface area contributed by atoms with Crippen molar-refractivity contribution < 1.29 is 33.3 Å². The highest BCUT2D eigenvalue weighted by Crippen LogP contribution is 2.41. The number of carbonyl (C=O) groups excluding carboxylic acids is 3. The summed E-state index contributed by atoms with van der Waals surface area (Å²) in [5.74, 6) is 0.103. The first-order chi connectivity index (χ1) is 22.3. The molecule has 2 heterocycles. The smallest absolute Gasteiger partial charge is 0.507 e. The van der Waals surface area contributed by atoms with Crippen LogP contribution in [-0.2, 0) is 31.1 Å². The molecule has 0 radical (unpaired) electrons. The summed E-state index contributed by atoms with van der Waals surface area (Å²) in [5, 5.41) is 12.6. The van der Waals surface area contributed by atoms with Crippen LogP contribution in [0.1, 0.15) is 43.4 Å². The Bertz CT molecular complexity index is 1660. The Morgan fingerprint density at radius 1 is 0.957 bits per heavy atom. The van der Waals surface area contributed by atoms with Crippen LogP contribution in [0.3, 0.4) is 0 Å². The van der Waals surface area contributed by atoms with E-state index in [1.54, 1.807) is 30.0 Å². The van der Waals surface area contributed by atoms with E-state index in [4.69, 9.17) is 14.2 Å². The number of hydrogen-bond donors (Lipinski definition) is 0. The third-order valence-electron chi connectivity index (χ3n) is 8.02. The number of anilines is 2. The maximum atomic E-state index is 13.2. The molecule has 0 bridgehead atoms. The molecule has 10 heteroatoms. The number of nitrogens with zero attached hydrogens (tertiary/aromatic N) is 3. The second-order valence-electron chi connectivity index (χ2n) is 11.1. The van der Waals surface area contributed by atoms with Crippen molar-refractivity contribution in [3.05, 3.63) is 125 Å². The van der Waals surface area contributed by atoms with Crippen molar-refractivity contribution >= 4 is 29.5 Å². The van der Waals surface area contributed by atoms with Crippen molar-refractivity contribution in [3.8, 4) is 5.75 Å². The lowest BCUT2D eigenvalue weighted by Crippen LogP contribution is -2.44. The molecule has 46 heavy (non-hydrogen) atoms. The van der Waals surface area contributed by atoms with Crippen LogP contribution in [0.5, 0.6) is 5.75 Å².